The Hall–Kier alpha value is -1.07. The third-order valence-electron chi connectivity index (χ3n) is 3.95. The summed E-state index contributed by atoms with van der Waals surface area (Å²) < 4.78 is 6.03. The van der Waals surface area contributed by atoms with Crippen molar-refractivity contribution >= 4 is 27.5 Å². The first kappa shape index (κ1) is 15.3. The molecule has 110 valence electrons. The van der Waals surface area contributed by atoms with Crippen molar-refractivity contribution in [2.24, 2.45) is 5.92 Å². The van der Waals surface area contributed by atoms with E-state index in [0.29, 0.717) is 17.2 Å². The van der Waals surface area contributed by atoms with E-state index in [1.807, 2.05) is 24.0 Å². The van der Waals surface area contributed by atoms with Crippen molar-refractivity contribution in [2.45, 2.75) is 19.8 Å². The van der Waals surface area contributed by atoms with Crippen molar-refractivity contribution in [2.75, 3.05) is 32.5 Å². The van der Waals surface area contributed by atoms with Gasteiger partial charge in [0.15, 0.2) is 0 Å². The summed E-state index contributed by atoms with van der Waals surface area (Å²) in [6, 6.07) is 3.69. The highest BCUT2D eigenvalue weighted by atomic mass is 79.9. The van der Waals surface area contributed by atoms with Crippen molar-refractivity contribution in [3.05, 3.63) is 27.7 Å². The maximum absolute atomic E-state index is 12.6. The summed E-state index contributed by atoms with van der Waals surface area (Å²) in [5.41, 5.74) is 8.14. The quantitative estimate of drug-likeness (QED) is 0.860. The largest absolute Gasteiger partial charge is 0.398 e. The van der Waals surface area contributed by atoms with Crippen LogP contribution < -0.4 is 5.73 Å². The molecule has 1 amide bonds. The van der Waals surface area contributed by atoms with E-state index in [1.54, 1.807) is 7.11 Å². The SMILES string of the molecule is COCC1CCN(C(=O)c2cc(Br)cc(N)c2C)CC1. The monoisotopic (exact) mass is 340 g/mol. The minimum atomic E-state index is 0.0753. The molecule has 1 heterocycles. The molecule has 0 radical (unpaired) electrons. The van der Waals surface area contributed by atoms with Gasteiger partial charge >= 0.3 is 0 Å². The Bertz CT molecular complexity index is 497. The Balaban J connectivity index is 2.09. The molecule has 0 bridgehead atoms. The Labute approximate surface area is 128 Å². The number of benzene rings is 1. The van der Waals surface area contributed by atoms with Crippen LogP contribution in [-0.2, 0) is 4.74 Å². The van der Waals surface area contributed by atoms with Gasteiger partial charge in [-0.15, -0.1) is 0 Å². The van der Waals surface area contributed by atoms with E-state index in [-0.39, 0.29) is 5.91 Å². The van der Waals surface area contributed by atoms with E-state index in [1.165, 1.54) is 0 Å². The number of nitrogen functional groups attached to an aromatic ring is 1. The summed E-state index contributed by atoms with van der Waals surface area (Å²) in [4.78, 5) is 14.5. The number of piperidine rings is 1. The van der Waals surface area contributed by atoms with Gasteiger partial charge in [0.1, 0.15) is 0 Å². The van der Waals surface area contributed by atoms with Crippen LogP contribution in [0.5, 0.6) is 0 Å². The lowest BCUT2D eigenvalue weighted by Gasteiger charge is -2.32. The van der Waals surface area contributed by atoms with Crippen LogP contribution in [0, 0.1) is 12.8 Å². The molecule has 1 aliphatic rings. The summed E-state index contributed by atoms with van der Waals surface area (Å²) in [5.74, 6) is 0.643. The second-order valence-electron chi connectivity index (χ2n) is 5.36. The summed E-state index contributed by atoms with van der Waals surface area (Å²) in [5, 5.41) is 0. The lowest BCUT2D eigenvalue weighted by atomic mass is 9.96. The van der Waals surface area contributed by atoms with Gasteiger partial charge in [-0.2, -0.15) is 0 Å². The van der Waals surface area contributed by atoms with Crippen LogP contribution in [0.25, 0.3) is 0 Å². The van der Waals surface area contributed by atoms with Gasteiger partial charge in [0.2, 0.25) is 0 Å². The minimum absolute atomic E-state index is 0.0753. The summed E-state index contributed by atoms with van der Waals surface area (Å²) in [7, 11) is 1.73. The number of rotatable bonds is 3. The number of nitrogens with two attached hydrogens (primary N) is 1. The molecular weight excluding hydrogens is 320 g/mol. The third-order valence-corrected chi connectivity index (χ3v) is 4.40. The summed E-state index contributed by atoms with van der Waals surface area (Å²) in [6.07, 6.45) is 2.00. The number of likely N-dealkylation sites (tertiary alicyclic amines) is 1. The molecule has 1 saturated heterocycles. The van der Waals surface area contributed by atoms with E-state index in [4.69, 9.17) is 10.5 Å². The van der Waals surface area contributed by atoms with E-state index >= 15 is 0 Å². The average Bonchev–Trinajstić information content (AvgIpc) is 2.43. The number of methoxy groups -OCH3 is 1. The molecule has 1 aromatic rings. The van der Waals surface area contributed by atoms with Gasteiger partial charge in [-0.3, -0.25) is 4.79 Å². The lowest BCUT2D eigenvalue weighted by Crippen LogP contribution is -2.39. The Morgan fingerprint density at radius 3 is 2.70 bits per heavy atom. The molecule has 0 aliphatic carbocycles. The zero-order valence-corrected chi connectivity index (χ0v) is 13.6. The van der Waals surface area contributed by atoms with Gasteiger partial charge in [0.05, 0.1) is 0 Å². The number of anilines is 1. The number of carbonyl (C=O) groups is 1. The first-order valence-corrected chi connectivity index (χ1v) is 7.66. The van der Waals surface area contributed by atoms with E-state index < -0.39 is 0 Å². The van der Waals surface area contributed by atoms with Crippen molar-refractivity contribution in [3.63, 3.8) is 0 Å². The molecule has 0 atom stereocenters. The minimum Gasteiger partial charge on any atom is -0.398 e. The maximum atomic E-state index is 12.6. The topological polar surface area (TPSA) is 55.6 Å². The first-order chi connectivity index (χ1) is 9.52. The molecule has 1 aromatic carbocycles. The molecular formula is C15H21BrN2O2. The van der Waals surface area contributed by atoms with Crippen molar-refractivity contribution in [1.82, 2.24) is 4.90 Å². The van der Waals surface area contributed by atoms with Gasteiger partial charge in [0, 0.05) is 42.5 Å². The Kier molecular flexibility index (Phi) is 5.05. The molecule has 0 saturated carbocycles. The van der Waals surface area contributed by atoms with Gasteiger partial charge in [-0.05, 0) is 43.4 Å². The molecule has 5 heteroatoms. The molecule has 4 nitrogen and oxygen atoms in total. The number of hydrogen-bond donors (Lipinski definition) is 1. The fourth-order valence-corrected chi connectivity index (χ4v) is 3.11. The van der Waals surface area contributed by atoms with E-state index in [2.05, 4.69) is 15.9 Å². The standard InChI is InChI=1S/C15H21BrN2O2/c1-10-13(7-12(16)8-14(10)17)15(19)18-5-3-11(4-6-18)9-20-2/h7-8,11H,3-6,9,17H2,1-2H3. The van der Waals surface area contributed by atoms with E-state index in [0.717, 1.165) is 42.6 Å². The van der Waals surface area contributed by atoms with Gasteiger partial charge < -0.3 is 15.4 Å². The second-order valence-corrected chi connectivity index (χ2v) is 6.27. The highest BCUT2D eigenvalue weighted by Crippen LogP contribution is 2.26. The fourth-order valence-electron chi connectivity index (χ4n) is 2.63. The number of amides is 1. The average molecular weight is 341 g/mol. The summed E-state index contributed by atoms with van der Waals surface area (Å²) in [6.45, 7) is 4.26. The maximum Gasteiger partial charge on any atom is 0.254 e. The predicted octanol–water partition coefficient (Wildman–Crippen LogP) is 2.84. The third kappa shape index (κ3) is 3.33. The van der Waals surface area contributed by atoms with Gasteiger partial charge in [-0.1, -0.05) is 15.9 Å². The highest BCUT2D eigenvalue weighted by molar-refractivity contribution is 9.10. The lowest BCUT2D eigenvalue weighted by molar-refractivity contribution is 0.0613. The number of halogens is 1. The zero-order chi connectivity index (χ0) is 14.7. The van der Waals surface area contributed by atoms with E-state index in [9.17, 15) is 4.79 Å². The second kappa shape index (κ2) is 6.59. The summed E-state index contributed by atoms with van der Waals surface area (Å²) >= 11 is 3.40. The van der Waals surface area contributed by atoms with Crippen LogP contribution in [0.2, 0.25) is 0 Å². The van der Waals surface area contributed by atoms with Gasteiger partial charge in [0.25, 0.3) is 5.91 Å². The van der Waals surface area contributed by atoms with Gasteiger partial charge in [-0.25, -0.2) is 0 Å². The first-order valence-electron chi connectivity index (χ1n) is 6.86. The highest BCUT2D eigenvalue weighted by Gasteiger charge is 2.25. The van der Waals surface area contributed by atoms with Crippen LogP contribution in [0.3, 0.4) is 0 Å². The van der Waals surface area contributed by atoms with Crippen LogP contribution >= 0.6 is 15.9 Å². The molecule has 1 fully saturated rings. The van der Waals surface area contributed by atoms with Crippen molar-refractivity contribution < 1.29 is 9.53 Å². The molecule has 2 N–H and O–H groups in total. The smallest absolute Gasteiger partial charge is 0.254 e. The molecule has 1 aliphatic heterocycles. The molecule has 2 rings (SSSR count). The van der Waals surface area contributed by atoms with Crippen molar-refractivity contribution in [3.8, 4) is 0 Å². The van der Waals surface area contributed by atoms with Crippen molar-refractivity contribution in [1.29, 1.82) is 0 Å². The van der Waals surface area contributed by atoms with Crippen LogP contribution in [0.4, 0.5) is 5.69 Å². The van der Waals surface area contributed by atoms with Crippen LogP contribution in [0.1, 0.15) is 28.8 Å². The number of nitrogens with zero attached hydrogens (tertiary/aromatic N) is 1. The number of carbonyl (C=O) groups excluding carboxylic acids is 1. The predicted molar refractivity (Wildman–Crippen MR) is 83.8 cm³/mol. The normalized spacial score (nSPS) is 16.4. The number of hydrogen-bond acceptors (Lipinski definition) is 3. The molecule has 0 aromatic heterocycles. The Morgan fingerprint density at radius 2 is 2.10 bits per heavy atom. The van der Waals surface area contributed by atoms with Crippen LogP contribution in [-0.4, -0.2) is 37.6 Å². The molecule has 0 spiro atoms. The molecule has 0 unspecified atom stereocenters. The fraction of sp³-hybridized carbons (Fsp3) is 0.533. The number of ether oxygens (including phenoxy) is 1. The molecule has 20 heavy (non-hydrogen) atoms. The zero-order valence-electron chi connectivity index (χ0n) is 12.0. The van der Waals surface area contributed by atoms with Crippen LogP contribution in [0.15, 0.2) is 16.6 Å². The Morgan fingerprint density at radius 1 is 1.45 bits per heavy atom.